The Kier molecular flexibility index (Phi) is 5.05. The van der Waals surface area contributed by atoms with Crippen molar-refractivity contribution in [3.05, 3.63) is 59.1 Å². The van der Waals surface area contributed by atoms with Gasteiger partial charge in [0.1, 0.15) is 0 Å². The van der Waals surface area contributed by atoms with Crippen molar-refractivity contribution in [2.24, 2.45) is 5.10 Å². The SMILES string of the molecule is CN(C)c1ccc(/C=N/NS(=O)(=O)c2ccc(Cl)cc2)cc1. The Balaban J connectivity index is 2.06. The molecule has 2 aromatic carbocycles. The smallest absolute Gasteiger partial charge is 0.276 e. The van der Waals surface area contributed by atoms with E-state index in [0.717, 1.165) is 11.3 Å². The van der Waals surface area contributed by atoms with Gasteiger partial charge in [-0.3, -0.25) is 0 Å². The highest BCUT2D eigenvalue weighted by Gasteiger charge is 2.11. The number of hydrazone groups is 1. The maximum atomic E-state index is 12.0. The van der Waals surface area contributed by atoms with Crippen molar-refractivity contribution in [3.63, 3.8) is 0 Å². The maximum absolute atomic E-state index is 12.0. The molecule has 0 aliphatic carbocycles. The van der Waals surface area contributed by atoms with Gasteiger partial charge in [-0.15, -0.1) is 0 Å². The van der Waals surface area contributed by atoms with Crippen LogP contribution in [-0.4, -0.2) is 28.7 Å². The molecule has 0 radical (unpaired) electrons. The quantitative estimate of drug-likeness (QED) is 0.674. The minimum Gasteiger partial charge on any atom is -0.378 e. The van der Waals surface area contributed by atoms with Crippen LogP contribution in [0.2, 0.25) is 5.02 Å². The van der Waals surface area contributed by atoms with E-state index in [0.29, 0.717) is 5.02 Å². The van der Waals surface area contributed by atoms with Gasteiger partial charge in [0, 0.05) is 24.8 Å². The Hall–Kier alpha value is -2.05. The Bertz CT molecular complexity index is 754. The summed E-state index contributed by atoms with van der Waals surface area (Å²) in [5, 5.41) is 4.25. The summed E-state index contributed by atoms with van der Waals surface area (Å²) in [5.41, 5.74) is 1.85. The van der Waals surface area contributed by atoms with Crippen molar-refractivity contribution in [3.8, 4) is 0 Å². The fourth-order valence-electron chi connectivity index (χ4n) is 1.70. The highest BCUT2D eigenvalue weighted by atomic mass is 35.5. The zero-order valence-corrected chi connectivity index (χ0v) is 13.8. The topological polar surface area (TPSA) is 61.8 Å². The minimum absolute atomic E-state index is 0.108. The number of halogens is 1. The number of hydrogen-bond donors (Lipinski definition) is 1. The molecule has 0 saturated heterocycles. The molecule has 0 unspecified atom stereocenters. The van der Waals surface area contributed by atoms with Crippen LogP contribution in [0.4, 0.5) is 5.69 Å². The lowest BCUT2D eigenvalue weighted by atomic mass is 10.2. The molecule has 22 heavy (non-hydrogen) atoms. The Labute approximate surface area is 135 Å². The van der Waals surface area contributed by atoms with Gasteiger partial charge in [0.05, 0.1) is 11.1 Å². The van der Waals surface area contributed by atoms with E-state index < -0.39 is 10.0 Å². The van der Waals surface area contributed by atoms with Gasteiger partial charge in [-0.25, -0.2) is 4.83 Å². The van der Waals surface area contributed by atoms with Crippen LogP contribution >= 0.6 is 11.6 Å². The van der Waals surface area contributed by atoms with E-state index in [1.807, 2.05) is 43.3 Å². The second kappa shape index (κ2) is 6.81. The van der Waals surface area contributed by atoms with Gasteiger partial charge in [-0.05, 0) is 42.0 Å². The first-order valence-corrected chi connectivity index (χ1v) is 8.32. The summed E-state index contributed by atoms with van der Waals surface area (Å²) < 4.78 is 24.0. The zero-order chi connectivity index (χ0) is 16.2. The fourth-order valence-corrected chi connectivity index (χ4v) is 2.61. The number of anilines is 1. The molecule has 1 N–H and O–H groups in total. The van der Waals surface area contributed by atoms with Crippen LogP contribution in [0.5, 0.6) is 0 Å². The van der Waals surface area contributed by atoms with Crippen LogP contribution in [0, 0.1) is 0 Å². The molecular weight excluding hydrogens is 322 g/mol. The summed E-state index contributed by atoms with van der Waals surface area (Å²) in [4.78, 5) is 4.25. The summed E-state index contributed by atoms with van der Waals surface area (Å²) in [5.74, 6) is 0. The standard InChI is InChI=1S/C15H16ClN3O2S/c1-19(2)14-7-3-12(4-8-14)11-17-18-22(20,21)15-9-5-13(16)6-10-15/h3-11,18H,1-2H3/b17-11+. The number of rotatable bonds is 5. The lowest BCUT2D eigenvalue weighted by molar-refractivity contribution is 0.584. The van der Waals surface area contributed by atoms with Gasteiger partial charge in [-0.1, -0.05) is 23.7 Å². The predicted octanol–water partition coefficient (Wildman–Crippen LogP) is 2.72. The number of sulfonamides is 1. The number of nitrogens with zero attached hydrogens (tertiary/aromatic N) is 2. The van der Waals surface area contributed by atoms with Crippen LogP contribution in [0.1, 0.15) is 5.56 Å². The monoisotopic (exact) mass is 337 g/mol. The fraction of sp³-hybridized carbons (Fsp3) is 0.133. The third kappa shape index (κ3) is 4.22. The van der Waals surface area contributed by atoms with Crippen LogP contribution in [0.3, 0.4) is 0 Å². The molecule has 116 valence electrons. The molecule has 0 amide bonds. The Morgan fingerprint density at radius 2 is 1.64 bits per heavy atom. The summed E-state index contributed by atoms with van der Waals surface area (Å²) in [6.45, 7) is 0. The molecule has 0 aliphatic rings. The summed E-state index contributed by atoms with van der Waals surface area (Å²) >= 11 is 5.73. The number of nitrogens with one attached hydrogen (secondary N) is 1. The minimum atomic E-state index is -3.68. The van der Waals surface area contributed by atoms with Crippen molar-refractivity contribution < 1.29 is 8.42 Å². The summed E-state index contributed by atoms with van der Waals surface area (Å²) in [7, 11) is 0.212. The summed E-state index contributed by atoms with van der Waals surface area (Å²) in [6.07, 6.45) is 1.45. The first kappa shape index (κ1) is 16.3. The van der Waals surface area contributed by atoms with Gasteiger partial charge in [0.15, 0.2) is 0 Å². The predicted molar refractivity (Wildman–Crippen MR) is 90.1 cm³/mol. The average molecular weight is 338 g/mol. The molecule has 7 heteroatoms. The normalized spacial score (nSPS) is 11.6. The molecule has 2 aromatic rings. The van der Waals surface area contributed by atoms with Crippen LogP contribution in [0.25, 0.3) is 0 Å². The highest BCUT2D eigenvalue weighted by molar-refractivity contribution is 7.89. The van der Waals surface area contributed by atoms with E-state index >= 15 is 0 Å². The van der Waals surface area contributed by atoms with Gasteiger partial charge >= 0.3 is 0 Å². The molecule has 0 fully saturated rings. The van der Waals surface area contributed by atoms with Crippen molar-refractivity contribution >= 4 is 33.5 Å². The molecule has 5 nitrogen and oxygen atoms in total. The van der Waals surface area contributed by atoms with Crippen LogP contribution < -0.4 is 9.73 Å². The van der Waals surface area contributed by atoms with Gasteiger partial charge in [-0.2, -0.15) is 13.5 Å². The third-order valence-electron chi connectivity index (χ3n) is 2.92. The Morgan fingerprint density at radius 3 is 2.18 bits per heavy atom. The molecule has 0 saturated carbocycles. The lowest BCUT2D eigenvalue weighted by Crippen LogP contribution is -2.18. The van der Waals surface area contributed by atoms with Gasteiger partial charge < -0.3 is 4.90 Å². The highest BCUT2D eigenvalue weighted by Crippen LogP contribution is 2.14. The first-order chi connectivity index (χ1) is 10.4. The van der Waals surface area contributed by atoms with Gasteiger partial charge in [0.2, 0.25) is 0 Å². The van der Waals surface area contributed by atoms with E-state index in [1.54, 1.807) is 0 Å². The van der Waals surface area contributed by atoms with E-state index in [4.69, 9.17) is 11.6 Å². The number of hydrogen-bond acceptors (Lipinski definition) is 4. The Morgan fingerprint density at radius 1 is 1.05 bits per heavy atom. The van der Waals surface area contributed by atoms with Crippen LogP contribution in [0.15, 0.2) is 58.5 Å². The second-order valence-electron chi connectivity index (χ2n) is 4.79. The number of benzene rings is 2. The van der Waals surface area contributed by atoms with E-state index in [2.05, 4.69) is 9.93 Å². The largest absolute Gasteiger partial charge is 0.378 e. The van der Waals surface area contributed by atoms with Crippen molar-refractivity contribution in [2.45, 2.75) is 4.90 Å². The first-order valence-electron chi connectivity index (χ1n) is 6.46. The van der Waals surface area contributed by atoms with Crippen molar-refractivity contribution in [1.82, 2.24) is 4.83 Å². The zero-order valence-electron chi connectivity index (χ0n) is 12.2. The summed E-state index contributed by atoms with van der Waals surface area (Å²) in [6, 6.07) is 13.4. The second-order valence-corrected chi connectivity index (χ2v) is 6.89. The maximum Gasteiger partial charge on any atom is 0.276 e. The van der Waals surface area contributed by atoms with Crippen molar-refractivity contribution in [1.29, 1.82) is 0 Å². The van der Waals surface area contributed by atoms with Crippen molar-refractivity contribution in [2.75, 3.05) is 19.0 Å². The van der Waals surface area contributed by atoms with E-state index in [1.165, 1.54) is 30.5 Å². The molecule has 0 aromatic heterocycles. The third-order valence-corrected chi connectivity index (χ3v) is 4.41. The molecule has 0 atom stereocenters. The van der Waals surface area contributed by atoms with E-state index in [-0.39, 0.29) is 4.90 Å². The molecule has 0 aliphatic heterocycles. The lowest BCUT2D eigenvalue weighted by Gasteiger charge is -2.11. The van der Waals surface area contributed by atoms with E-state index in [9.17, 15) is 8.42 Å². The van der Waals surface area contributed by atoms with Gasteiger partial charge in [0.25, 0.3) is 10.0 Å². The van der Waals surface area contributed by atoms with Crippen LogP contribution in [-0.2, 0) is 10.0 Å². The average Bonchev–Trinajstić information content (AvgIpc) is 2.48. The molecule has 0 spiro atoms. The molecule has 2 rings (SSSR count). The molecule has 0 bridgehead atoms. The molecule has 0 heterocycles. The molecular formula is C15H16ClN3O2S.